The summed E-state index contributed by atoms with van der Waals surface area (Å²) < 4.78 is 15.6. The van der Waals surface area contributed by atoms with Crippen molar-refractivity contribution in [2.45, 2.75) is 92.1 Å². The number of aromatic nitrogens is 11. The van der Waals surface area contributed by atoms with Crippen molar-refractivity contribution in [2.24, 2.45) is 11.5 Å². The molecule has 0 aliphatic carbocycles. The van der Waals surface area contributed by atoms with Gasteiger partial charge in [-0.25, -0.2) is 9.97 Å². The predicted octanol–water partition coefficient (Wildman–Crippen LogP) is 3.74. The third-order valence-electron chi connectivity index (χ3n) is 12.7. The number of imidazole rings is 2. The van der Waals surface area contributed by atoms with Crippen LogP contribution in [-0.2, 0) is 39.3 Å². The van der Waals surface area contributed by atoms with E-state index in [2.05, 4.69) is 45.8 Å². The highest BCUT2D eigenvalue weighted by Crippen LogP contribution is 2.33. The maximum atomic E-state index is 13.9. The van der Waals surface area contributed by atoms with Crippen molar-refractivity contribution >= 4 is 57.6 Å². The lowest BCUT2D eigenvalue weighted by Gasteiger charge is -2.32. The molecule has 0 saturated carbocycles. The lowest BCUT2D eigenvalue weighted by Crippen LogP contribution is -2.36. The van der Waals surface area contributed by atoms with Gasteiger partial charge in [-0.05, 0) is 103 Å². The number of carbonyl (C=O) groups is 4. The number of anilines is 2. The number of nitrogens with two attached hydrogens (primary N) is 2. The lowest BCUT2D eigenvalue weighted by atomic mass is 9.95. The van der Waals surface area contributed by atoms with Gasteiger partial charge in [0.15, 0.2) is 0 Å². The van der Waals surface area contributed by atoms with Gasteiger partial charge in [-0.3, -0.25) is 39.2 Å². The number of hydrogen-bond acceptors (Lipinski definition) is 13. The van der Waals surface area contributed by atoms with E-state index in [1.807, 2.05) is 49.0 Å². The Morgan fingerprint density at radius 1 is 0.783 bits per heavy atom. The average Bonchev–Trinajstić information content (AvgIpc) is 4.18. The molecule has 7 N–H and O–H groups in total. The normalized spacial score (nSPS) is 14.5. The van der Waals surface area contributed by atoms with Crippen molar-refractivity contribution in [1.82, 2.24) is 63.6 Å². The number of rotatable bonds is 18. The van der Waals surface area contributed by atoms with E-state index in [-0.39, 0.29) is 36.1 Å². The number of ether oxygens (including phenoxy) is 1. The molecule has 5 aromatic heterocycles. The Hall–Kier alpha value is -7.72. The molecule has 1 fully saturated rings. The van der Waals surface area contributed by atoms with E-state index in [0.29, 0.717) is 76.2 Å². The van der Waals surface area contributed by atoms with Crippen molar-refractivity contribution in [3.63, 3.8) is 0 Å². The summed E-state index contributed by atoms with van der Waals surface area (Å²) in [5.74, 6) is 1.26. The number of amides is 4. The van der Waals surface area contributed by atoms with E-state index in [0.717, 1.165) is 70.2 Å². The Morgan fingerprint density at radius 3 is 2.06 bits per heavy atom. The topological polar surface area (TPSA) is 271 Å². The number of benzene rings is 2. The van der Waals surface area contributed by atoms with Crippen LogP contribution in [0.15, 0.2) is 54.6 Å². The first-order chi connectivity index (χ1) is 33.4. The molecule has 0 unspecified atom stereocenters. The minimum atomic E-state index is -0.648. The summed E-state index contributed by atoms with van der Waals surface area (Å²) in [4.78, 5) is 64.3. The van der Waals surface area contributed by atoms with Gasteiger partial charge in [0.05, 0.1) is 41.1 Å². The van der Waals surface area contributed by atoms with Crippen LogP contribution in [-0.4, -0.2) is 115 Å². The van der Waals surface area contributed by atoms with Crippen LogP contribution in [0.4, 0.5) is 11.9 Å². The average molecular weight is 940 g/mol. The van der Waals surface area contributed by atoms with Crippen LogP contribution in [0, 0.1) is 13.8 Å². The molecule has 1 saturated heterocycles. The summed E-state index contributed by atoms with van der Waals surface area (Å²) in [6, 6.07) is 11.6. The highest BCUT2D eigenvalue weighted by atomic mass is 16.5. The van der Waals surface area contributed by atoms with Gasteiger partial charge in [0.1, 0.15) is 34.3 Å². The summed E-state index contributed by atoms with van der Waals surface area (Å²) >= 11 is 0. The molecule has 9 rings (SSSR count). The zero-order valence-electron chi connectivity index (χ0n) is 39.2. The fraction of sp³-hybridized carbons (Fsp3) is 0.404. The minimum absolute atomic E-state index is 0.195. The van der Waals surface area contributed by atoms with Crippen LogP contribution < -0.4 is 32.2 Å². The van der Waals surface area contributed by atoms with Gasteiger partial charge in [0, 0.05) is 62.9 Å². The Balaban J connectivity index is 0.975. The Labute approximate surface area is 397 Å². The minimum Gasteiger partial charge on any atom is -0.491 e. The van der Waals surface area contributed by atoms with Crippen molar-refractivity contribution in [1.29, 1.82) is 0 Å². The van der Waals surface area contributed by atoms with Crippen molar-refractivity contribution in [2.75, 3.05) is 43.4 Å². The SMILES string of the molecule is CCn1nc(C)cc1C(=O)Nc1nc2cc(C(N)=O)ccc2n1C/C=C/Cn1c(NC(=O)c2cc(C)nn2CC)nc2cc(C(N)=O)cc(OCCCN3CCC(c4nnc5n4CCNC5)CC3)c21. The van der Waals surface area contributed by atoms with Gasteiger partial charge >= 0.3 is 0 Å². The molecule has 0 spiro atoms. The van der Waals surface area contributed by atoms with Gasteiger partial charge in [-0.2, -0.15) is 10.2 Å². The molecular weight excluding hydrogens is 883 g/mol. The molecule has 0 bridgehead atoms. The maximum absolute atomic E-state index is 13.9. The van der Waals surface area contributed by atoms with Crippen LogP contribution in [0.2, 0.25) is 0 Å². The largest absolute Gasteiger partial charge is 0.491 e. The maximum Gasteiger partial charge on any atom is 0.276 e. The number of nitrogens with zero attached hydrogens (tertiary/aromatic N) is 12. The standard InChI is InChI=1S/C47H57N17O5/c1-5-63-36(22-28(3)57-63)44(67)53-46-51-33-24-31(41(48)65)10-11-35(33)60(46)16-7-8-17-62-40-34(52-47(62)54-45(68)37-23-29(4)58-64(37)6-2)25-32(42(49)66)26-38(40)69-21-9-15-59-18-12-30(13-19-59)43-56-55-39-27-50-14-20-61(39)43/h7-8,10-11,22-26,30,50H,5-6,9,12-21,27H2,1-4H3,(H2,48,65)(H2,49,66)(H,51,53,67)(H,52,54,68)/b8-7+. The highest BCUT2D eigenvalue weighted by molar-refractivity contribution is 6.05. The molecule has 2 aromatic carbocycles. The van der Waals surface area contributed by atoms with E-state index in [1.54, 1.807) is 51.8 Å². The zero-order chi connectivity index (χ0) is 48.3. The van der Waals surface area contributed by atoms with Crippen LogP contribution in [0.1, 0.15) is 104 Å². The predicted molar refractivity (Wildman–Crippen MR) is 257 cm³/mol. The van der Waals surface area contributed by atoms with Gasteiger partial charge in [0.2, 0.25) is 23.7 Å². The van der Waals surface area contributed by atoms with E-state index < -0.39 is 23.6 Å². The summed E-state index contributed by atoms with van der Waals surface area (Å²) in [5, 5.41) is 27.1. The number of likely N-dealkylation sites (tertiary alicyclic amines) is 1. The fourth-order valence-corrected chi connectivity index (χ4v) is 9.25. The number of fused-ring (bicyclic) bond motifs is 3. The quantitative estimate of drug-likeness (QED) is 0.0607. The van der Waals surface area contributed by atoms with Gasteiger partial charge in [-0.15, -0.1) is 10.2 Å². The second-order valence-corrected chi connectivity index (χ2v) is 17.3. The molecule has 4 amide bonds. The third kappa shape index (κ3) is 9.70. The Bertz CT molecular complexity index is 3110. The monoisotopic (exact) mass is 939 g/mol. The molecule has 2 aliphatic heterocycles. The fourth-order valence-electron chi connectivity index (χ4n) is 9.25. The summed E-state index contributed by atoms with van der Waals surface area (Å²) in [6.07, 6.45) is 6.51. The van der Waals surface area contributed by atoms with E-state index >= 15 is 0 Å². The first-order valence-electron chi connectivity index (χ1n) is 23.4. The third-order valence-corrected chi connectivity index (χ3v) is 12.7. The second kappa shape index (κ2) is 19.9. The molecule has 69 heavy (non-hydrogen) atoms. The van der Waals surface area contributed by atoms with Crippen LogP contribution in [0.25, 0.3) is 22.1 Å². The van der Waals surface area contributed by atoms with Gasteiger partial charge in [-0.1, -0.05) is 12.2 Å². The number of carbonyl (C=O) groups excluding carboxylic acids is 4. The number of piperidine rings is 1. The number of nitrogens with one attached hydrogen (secondary N) is 3. The molecular formula is C47H57N17O5. The van der Waals surface area contributed by atoms with Crippen LogP contribution in [0.5, 0.6) is 5.75 Å². The van der Waals surface area contributed by atoms with Crippen molar-refractivity contribution < 1.29 is 23.9 Å². The summed E-state index contributed by atoms with van der Waals surface area (Å²) in [7, 11) is 0. The second-order valence-electron chi connectivity index (χ2n) is 17.3. The van der Waals surface area contributed by atoms with Crippen LogP contribution in [0.3, 0.4) is 0 Å². The van der Waals surface area contributed by atoms with E-state index in [1.165, 1.54) is 0 Å². The highest BCUT2D eigenvalue weighted by Gasteiger charge is 2.28. The van der Waals surface area contributed by atoms with Crippen molar-refractivity contribution in [3.05, 3.63) is 100 Å². The molecule has 360 valence electrons. The Morgan fingerprint density at radius 2 is 1.41 bits per heavy atom. The smallest absolute Gasteiger partial charge is 0.276 e. The number of allylic oxidation sites excluding steroid dienone is 2. The summed E-state index contributed by atoms with van der Waals surface area (Å²) in [6.45, 7) is 14.5. The first-order valence-corrected chi connectivity index (χ1v) is 23.4. The molecule has 2 aliphatic rings. The summed E-state index contributed by atoms with van der Waals surface area (Å²) in [5.41, 5.74) is 16.1. The molecule has 0 atom stereocenters. The number of aryl methyl sites for hydroxylation is 4. The first kappa shape index (κ1) is 46.4. The molecule has 7 aromatic rings. The number of primary amides is 2. The van der Waals surface area contributed by atoms with Gasteiger partial charge in [0.25, 0.3) is 11.8 Å². The van der Waals surface area contributed by atoms with E-state index in [9.17, 15) is 19.2 Å². The van der Waals surface area contributed by atoms with Gasteiger partial charge < -0.3 is 40.1 Å². The Kier molecular flexibility index (Phi) is 13.4. The van der Waals surface area contributed by atoms with Crippen LogP contribution >= 0.6 is 0 Å². The number of hydrogen-bond donors (Lipinski definition) is 5. The van der Waals surface area contributed by atoms with E-state index in [4.69, 9.17) is 26.2 Å². The van der Waals surface area contributed by atoms with Crippen molar-refractivity contribution in [3.8, 4) is 5.75 Å². The lowest BCUT2D eigenvalue weighted by molar-refractivity contribution is 0.0992. The zero-order valence-corrected chi connectivity index (χ0v) is 39.2. The molecule has 7 heterocycles. The molecule has 22 nitrogen and oxygen atoms in total. The molecule has 22 heteroatoms. The molecule has 0 radical (unpaired) electrons.